The second-order valence-electron chi connectivity index (χ2n) is 3.66. The number of hydrogen-bond acceptors (Lipinski definition) is 5. The molecule has 0 radical (unpaired) electrons. The first-order chi connectivity index (χ1) is 8.41. The predicted octanol–water partition coefficient (Wildman–Crippen LogP) is 0.720. The van der Waals surface area contributed by atoms with Crippen LogP contribution in [0.1, 0.15) is 5.56 Å². The molecule has 1 aromatic carbocycles. The lowest BCUT2D eigenvalue weighted by Crippen LogP contribution is -2.35. The zero-order chi connectivity index (χ0) is 13.5. The summed E-state index contributed by atoms with van der Waals surface area (Å²) in [6.07, 6.45) is 0. The summed E-state index contributed by atoms with van der Waals surface area (Å²) in [5, 5.41) is 10.00. The highest BCUT2D eigenvalue weighted by Crippen LogP contribution is 2.34. The van der Waals surface area contributed by atoms with Gasteiger partial charge in [0, 0.05) is 12.6 Å². The summed E-state index contributed by atoms with van der Waals surface area (Å²) < 4.78 is 29.5. The van der Waals surface area contributed by atoms with E-state index in [1.807, 2.05) is 0 Å². The van der Waals surface area contributed by atoms with Crippen molar-refractivity contribution in [3.8, 4) is 0 Å². The number of benzene rings is 1. The molecule has 7 heteroatoms. The van der Waals surface area contributed by atoms with Crippen molar-refractivity contribution in [1.82, 2.24) is 4.31 Å². The molecule has 0 spiro atoms. The van der Waals surface area contributed by atoms with Gasteiger partial charge in [-0.05, 0) is 12.1 Å². The first-order valence-corrected chi connectivity index (χ1v) is 6.45. The van der Waals surface area contributed by atoms with Gasteiger partial charge in [-0.3, -0.25) is 4.31 Å². The largest absolute Gasteiger partial charge is 0.505 e. The molecule has 1 aliphatic heterocycles. The minimum absolute atomic E-state index is 0.0438. The van der Waals surface area contributed by atoms with Crippen LogP contribution in [0.15, 0.2) is 34.9 Å². The SMILES string of the molecule is CO[14C](=O)C1=C(O)c2ccccc2S(=O)(=O)N1C. The molecule has 0 atom stereocenters. The number of likely N-dealkylation sites (N-methyl/N-ethyl adjacent to an activating group) is 1. The van der Waals surface area contributed by atoms with Crippen LogP contribution in [0.5, 0.6) is 0 Å². The number of carbonyl (C=O) groups excluding carboxylic acids is 1. The second kappa shape index (κ2) is 4.02. The molecule has 0 unspecified atom stereocenters. The van der Waals surface area contributed by atoms with Crippen LogP contribution in [0.25, 0.3) is 5.76 Å². The Morgan fingerprint density at radius 2 is 1.94 bits per heavy atom. The van der Waals surface area contributed by atoms with Gasteiger partial charge in [0.1, 0.15) is 0 Å². The molecule has 0 fully saturated rings. The third-order valence-corrected chi connectivity index (χ3v) is 4.51. The summed E-state index contributed by atoms with van der Waals surface area (Å²) >= 11 is 0. The highest BCUT2D eigenvalue weighted by atomic mass is 32.2. The van der Waals surface area contributed by atoms with E-state index < -0.39 is 27.4 Å². The van der Waals surface area contributed by atoms with Gasteiger partial charge in [0.15, 0.2) is 11.5 Å². The molecule has 0 bridgehead atoms. The van der Waals surface area contributed by atoms with Crippen molar-refractivity contribution in [3.05, 3.63) is 35.5 Å². The molecule has 96 valence electrons. The Hall–Kier alpha value is -2.02. The fraction of sp³-hybridized carbons (Fsp3) is 0.182. The molecule has 1 N–H and O–H groups in total. The van der Waals surface area contributed by atoms with Crippen LogP contribution in [0.3, 0.4) is 0 Å². The average Bonchev–Trinajstić information content (AvgIpc) is 2.37. The van der Waals surface area contributed by atoms with Gasteiger partial charge in [-0.1, -0.05) is 12.1 Å². The standard InChI is InChI=1S/C11H11NO5S/c1-12-9(11(14)17-2)10(13)7-5-3-4-6-8(7)18(12,15)16/h3-6,13H,1-2H3/i11+2. The number of nitrogens with zero attached hydrogens (tertiary/aromatic N) is 1. The van der Waals surface area contributed by atoms with Crippen molar-refractivity contribution in [2.75, 3.05) is 14.2 Å². The number of hydrogen-bond donors (Lipinski definition) is 1. The number of fused-ring (bicyclic) bond motifs is 1. The average molecular weight is 271 g/mol. The van der Waals surface area contributed by atoms with Crippen LogP contribution in [-0.4, -0.2) is 38.0 Å². The molecule has 0 aliphatic carbocycles. The van der Waals surface area contributed by atoms with E-state index in [-0.39, 0.29) is 10.5 Å². The summed E-state index contributed by atoms with van der Waals surface area (Å²) in [6, 6.07) is 5.91. The first kappa shape index (κ1) is 12.4. The molecule has 0 amide bonds. The van der Waals surface area contributed by atoms with Gasteiger partial charge in [-0.2, -0.15) is 0 Å². The van der Waals surface area contributed by atoms with E-state index >= 15 is 0 Å². The van der Waals surface area contributed by atoms with Gasteiger partial charge in [0.25, 0.3) is 10.0 Å². The number of aliphatic hydroxyl groups is 1. The maximum atomic E-state index is 12.2. The third-order valence-electron chi connectivity index (χ3n) is 2.70. The zero-order valence-corrected chi connectivity index (χ0v) is 10.6. The quantitative estimate of drug-likeness (QED) is 0.761. The first-order valence-electron chi connectivity index (χ1n) is 5.01. The molecule has 0 saturated heterocycles. The lowest BCUT2D eigenvalue weighted by atomic mass is 10.2. The molecule has 2 rings (SSSR count). The van der Waals surface area contributed by atoms with Crippen molar-refractivity contribution in [1.29, 1.82) is 0 Å². The van der Waals surface area contributed by atoms with Gasteiger partial charge < -0.3 is 9.84 Å². The number of methoxy groups -OCH3 is 1. The van der Waals surface area contributed by atoms with Crippen LogP contribution in [0, 0.1) is 0 Å². The van der Waals surface area contributed by atoms with Gasteiger partial charge >= 0.3 is 5.97 Å². The van der Waals surface area contributed by atoms with Crippen LogP contribution < -0.4 is 0 Å². The maximum absolute atomic E-state index is 12.2. The van der Waals surface area contributed by atoms with E-state index in [4.69, 9.17) is 0 Å². The van der Waals surface area contributed by atoms with E-state index in [1.54, 1.807) is 12.1 Å². The lowest BCUT2D eigenvalue weighted by Gasteiger charge is -2.27. The van der Waals surface area contributed by atoms with Crippen LogP contribution in [0.2, 0.25) is 0 Å². The predicted molar refractivity (Wildman–Crippen MR) is 63.0 cm³/mol. The molecule has 1 heterocycles. The second-order valence-corrected chi connectivity index (χ2v) is 5.60. The number of esters is 1. The number of sulfonamides is 1. The van der Waals surface area contributed by atoms with Crippen molar-refractivity contribution < 1.29 is 23.1 Å². The fourth-order valence-corrected chi connectivity index (χ4v) is 3.14. The van der Waals surface area contributed by atoms with E-state index in [9.17, 15) is 18.3 Å². The number of ether oxygens (including phenoxy) is 1. The Labute approximate surface area is 104 Å². The highest BCUT2D eigenvalue weighted by Gasteiger charge is 2.38. The van der Waals surface area contributed by atoms with Gasteiger partial charge in [0.2, 0.25) is 0 Å². The monoisotopic (exact) mass is 271 g/mol. The van der Waals surface area contributed by atoms with Crippen LogP contribution in [-0.2, 0) is 19.6 Å². The molecule has 1 aromatic rings. The molecule has 0 saturated carbocycles. The normalized spacial score (nSPS) is 17.3. The zero-order valence-electron chi connectivity index (χ0n) is 9.75. The Morgan fingerprint density at radius 1 is 1.33 bits per heavy atom. The molecular formula is C11H11NO5S. The Morgan fingerprint density at radius 3 is 2.56 bits per heavy atom. The van der Waals surface area contributed by atoms with Crippen molar-refractivity contribution in [2.45, 2.75) is 4.90 Å². The molecular weight excluding hydrogens is 260 g/mol. The lowest BCUT2D eigenvalue weighted by molar-refractivity contribution is -0.137. The van der Waals surface area contributed by atoms with Gasteiger partial charge in [-0.25, -0.2) is 13.2 Å². The molecule has 6 nitrogen and oxygen atoms in total. The third kappa shape index (κ3) is 1.55. The smallest absolute Gasteiger partial charge is 0.359 e. The van der Waals surface area contributed by atoms with Crippen LogP contribution in [0.4, 0.5) is 0 Å². The minimum Gasteiger partial charge on any atom is -0.505 e. The summed E-state index contributed by atoms with van der Waals surface area (Å²) in [7, 11) is -1.54. The van der Waals surface area contributed by atoms with E-state index in [0.29, 0.717) is 0 Å². The van der Waals surface area contributed by atoms with Crippen molar-refractivity contribution in [3.63, 3.8) is 0 Å². The number of carbonyl (C=O) groups is 1. The molecule has 18 heavy (non-hydrogen) atoms. The highest BCUT2D eigenvalue weighted by molar-refractivity contribution is 7.89. The van der Waals surface area contributed by atoms with Gasteiger partial charge in [-0.15, -0.1) is 0 Å². The van der Waals surface area contributed by atoms with E-state index in [0.717, 1.165) is 11.4 Å². The Kier molecular flexibility index (Phi) is 2.78. The minimum atomic E-state index is -3.84. The Balaban J connectivity index is 2.81. The topological polar surface area (TPSA) is 83.9 Å². The van der Waals surface area contributed by atoms with Crippen molar-refractivity contribution in [2.24, 2.45) is 0 Å². The van der Waals surface area contributed by atoms with Crippen LogP contribution >= 0.6 is 0 Å². The fourth-order valence-electron chi connectivity index (χ4n) is 1.75. The Bertz CT molecular complexity index is 647. The summed E-state index contributed by atoms with van der Waals surface area (Å²) in [5.74, 6) is -1.32. The van der Waals surface area contributed by atoms with E-state index in [1.165, 1.54) is 19.2 Å². The molecule has 0 aromatic heterocycles. The number of rotatable bonds is 1. The molecule has 1 aliphatic rings. The summed E-state index contributed by atoms with van der Waals surface area (Å²) in [5.41, 5.74) is -0.299. The van der Waals surface area contributed by atoms with Crippen molar-refractivity contribution >= 4 is 21.8 Å². The van der Waals surface area contributed by atoms with Gasteiger partial charge in [0.05, 0.1) is 12.0 Å². The summed E-state index contributed by atoms with van der Waals surface area (Å²) in [6.45, 7) is 0. The van der Waals surface area contributed by atoms with E-state index in [2.05, 4.69) is 4.74 Å². The number of aliphatic hydroxyl groups excluding tert-OH is 1. The summed E-state index contributed by atoms with van der Waals surface area (Å²) in [4.78, 5) is 11.5. The maximum Gasteiger partial charge on any atom is 0.359 e.